The van der Waals surface area contributed by atoms with Gasteiger partial charge in [-0.2, -0.15) is 0 Å². The fraction of sp³-hybridized carbons (Fsp3) is 0.467. The predicted molar refractivity (Wildman–Crippen MR) is 73.1 cm³/mol. The van der Waals surface area contributed by atoms with E-state index in [0.29, 0.717) is 6.54 Å². The van der Waals surface area contributed by atoms with Crippen LogP contribution in [0.1, 0.15) is 11.1 Å². The first-order valence-electron chi connectivity index (χ1n) is 6.52. The first kappa shape index (κ1) is 13.1. The molecule has 0 fully saturated rings. The van der Waals surface area contributed by atoms with Gasteiger partial charge in [0.15, 0.2) is 0 Å². The highest BCUT2D eigenvalue weighted by Crippen LogP contribution is 2.25. The Hall–Kier alpha value is -1.32. The summed E-state index contributed by atoms with van der Waals surface area (Å²) >= 11 is 0. The van der Waals surface area contributed by atoms with Crippen molar-refractivity contribution in [1.82, 2.24) is 4.90 Å². The van der Waals surface area contributed by atoms with E-state index < -0.39 is 0 Å². The van der Waals surface area contributed by atoms with Crippen LogP contribution in [-0.2, 0) is 12.8 Å². The van der Waals surface area contributed by atoms with E-state index in [1.165, 1.54) is 11.1 Å². The molecular formula is C15H21NO2. The molecule has 3 nitrogen and oxygen atoms in total. The third kappa shape index (κ3) is 3.34. The molecule has 18 heavy (non-hydrogen) atoms. The summed E-state index contributed by atoms with van der Waals surface area (Å²) in [7, 11) is 0. The highest BCUT2D eigenvalue weighted by atomic mass is 16.5. The van der Waals surface area contributed by atoms with E-state index in [2.05, 4.69) is 29.7 Å². The first-order valence-corrected chi connectivity index (χ1v) is 6.52. The zero-order valence-electron chi connectivity index (χ0n) is 10.8. The minimum atomic E-state index is 0.200. The Kier molecular flexibility index (Phi) is 4.79. The number of aliphatic hydroxyl groups is 1. The van der Waals surface area contributed by atoms with Gasteiger partial charge < -0.3 is 9.84 Å². The van der Waals surface area contributed by atoms with Gasteiger partial charge in [0.25, 0.3) is 0 Å². The maximum absolute atomic E-state index is 8.99. The van der Waals surface area contributed by atoms with E-state index >= 15 is 0 Å². The summed E-state index contributed by atoms with van der Waals surface area (Å²) in [4.78, 5) is 2.21. The lowest BCUT2D eigenvalue weighted by Crippen LogP contribution is -2.29. The van der Waals surface area contributed by atoms with Crippen LogP contribution in [0.25, 0.3) is 0 Å². The van der Waals surface area contributed by atoms with Crippen LogP contribution in [0.5, 0.6) is 5.75 Å². The van der Waals surface area contributed by atoms with Crippen LogP contribution in [0.3, 0.4) is 0 Å². The maximum Gasteiger partial charge on any atom is 0.122 e. The van der Waals surface area contributed by atoms with Gasteiger partial charge in [0.2, 0.25) is 0 Å². The van der Waals surface area contributed by atoms with Crippen molar-refractivity contribution in [3.8, 4) is 5.75 Å². The molecule has 0 atom stereocenters. The van der Waals surface area contributed by atoms with Gasteiger partial charge in [-0.1, -0.05) is 18.2 Å². The quantitative estimate of drug-likeness (QED) is 0.744. The Balaban J connectivity index is 1.90. The van der Waals surface area contributed by atoms with E-state index in [0.717, 1.165) is 38.3 Å². The molecular weight excluding hydrogens is 226 g/mol. The summed E-state index contributed by atoms with van der Waals surface area (Å²) in [6.07, 6.45) is 3.91. The minimum Gasteiger partial charge on any atom is -0.493 e. The Bertz CT molecular complexity index is 403. The molecule has 0 radical (unpaired) electrons. The Morgan fingerprint density at radius 1 is 1.39 bits per heavy atom. The van der Waals surface area contributed by atoms with Crippen LogP contribution in [0.2, 0.25) is 0 Å². The zero-order chi connectivity index (χ0) is 12.8. The molecule has 1 heterocycles. The zero-order valence-corrected chi connectivity index (χ0v) is 10.8. The van der Waals surface area contributed by atoms with Crippen molar-refractivity contribution in [2.75, 3.05) is 32.8 Å². The molecule has 0 aliphatic carbocycles. The Morgan fingerprint density at radius 3 is 3.06 bits per heavy atom. The number of rotatable bonds is 7. The molecule has 1 aliphatic heterocycles. The number of hydrogen-bond acceptors (Lipinski definition) is 3. The van der Waals surface area contributed by atoms with Crippen LogP contribution in [0, 0.1) is 0 Å². The average Bonchev–Trinajstić information content (AvgIpc) is 2.84. The van der Waals surface area contributed by atoms with Gasteiger partial charge in [-0.3, -0.25) is 4.90 Å². The molecule has 1 aromatic carbocycles. The van der Waals surface area contributed by atoms with Crippen molar-refractivity contribution < 1.29 is 9.84 Å². The summed E-state index contributed by atoms with van der Waals surface area (Å²) < 4.78 is 5.50. The monoisotopic (exact) mass is 247 g/mol. The second-order valence-electron chi connectivity index (χ2n) is 4.60. The van der Waals surface area contributed by atoms with E-state index in [1.807, 2.05) is 6.08 Å². The van der Waals surface area contributed by atoms with Crippen molar-refractivity contribution in [2.45, 2.75) is 12.8 Å². The van der Waals surface area contributed by atoms with Crippen LogP contribution in [0.15, 0.2) is 30.9 Å². The standard InChI is InChI=1S/C15H21NO2/c1-2-7-16(9-10-17)8-5-13-3-4-15-14(12-13)6-11-18-15/h2-4,12,17H,1,5-11H2. The summed E-state index contributed by atoms with van der Waals surface area (Å²) in [6.45, 7) is 7.24. The molecule has 0 bridgehead atoms. The minimum absolute atomic E-state index is 0.200. The molecule has 98 valence electrons. The van der Waals surface area contributed by atoms with Crippen LogP contribution in [-0.4, -0.2) is 42.9 Å². The van der Waals surface area contributed by atoms with E-state index in [-0.39, 0.29) is 6.61 Å². The van der Waals surface area contributed by atoms with Gasteiger partial charge in [0.1, 0.15) is 5.75 Å². The highest BCUT2D eigenvalue weighted by Gasteiger charge is 2.12. The van der Waals surface area contributed by atoms with E-state index in [9.17, 15) is 0 Å². The highest BCUT2D eigenvalue weighted by molar-refractivity contribution is 5.39. The van der Waals surface area contributed by atoms with Gasteiger partial charge >= 0.3 is 0 Å². The molecule has 0 unspecified atom stereocenters. The Morgan fingerprint density at radius 2 is 2.28 bits per heavy atom. The van der Waals surface area contributed by atoms with Gasteiger partial charge in [0, 0.05) is 26.1 Å². The normalized spacial score (nSPS) is 13.4. The van der Waals surface area contributed by atoms with E-state index in [1.54, 1.807) is 0 Å². The molecule has 0 aromatic heterocycles. The van der Waals surface area contributed by atoms with Crippen molar-refractivity contribution in [3.63, 3.8) is 0 Å². The Labute approximate surface area is 109 Å². The summed E-state index contributed by atoms with van der Waals surface area (Å²) in [5.41, 5.74) is 2.66. The van der Waals surface area contributed by atoms with Crippen molar-refractivity contribution in [1.29, 1.82) is 0 Å². The second kappa shape index (κ2) is 6.57. The number of nitrogens with zero attached hydrogens (tertiary/aromatic N) is 1. The van der Waals surface area contributed by atoms with Crippen molar-refractivity contribution >= 4 is 0 Å². The second-order valence-corrected chi connectivity index (χ2v) is 4.60. The summed E-state index contributed by atoms with van der Waals surface area (Å²) in [5.74, 6) is 1.04. The lowest BCUT2D eigenvalue weighted by molar-refractivity contribution is 0.210. The lowest BCUT2D eigenvalue weighted by atomic mass is 10.1. The SMILES string of the molecule is C=CCN(CCO)CCc1ccc2c(c1)CCO2. The molecule has 2 rings (SSSR count). The molecule has 0 saturated heterocycles. The number of aliphatic hydroxyl groups excluding tert-OH is 1. The topological polar surface area (TPSA) is 32.7 Å². The van der Waals surface area contributed by atoms with Crippen molar-refractivity contribution in [2.24, 2.45) is 0 Å². The van der Waals surface area contributed by atoms with E-state index in [4.69, 9.17) is 9.84 Å². The third-order valence-electron chi connectivity index (χ3n) is 3.27. The van der Waals surface area contributed by atoms with Crippen LogP contribution >= 0.6 is 0 Å². The smallest absolute Gasteiger partial charge is 0.122 e. The predicted octanol–water partition coefficient (Wildman–Crippen LogP) is 1.64. The summed E-state index contributed by atoms with van der Waals surface area (Å²) in [5, 5.41) is 8.99. The molecule has 1 aliphatic rings. The molecule has 0 saturated carbocycles. The van der Waals surface area contributed by atoms with Gasteiger partial charge in [-0.25, -0.2) is 0 Å². The van der Waals surface area contributed by atoms with Crippen LogP contribution in [0.4, 0.5) is 0 Å². The van der Waals surface area contributed by atoms with Gasteiger partial charge in [-0.15, -0.1) is 6.58 Å². The summed E-state index contributed by atoms with van der Waals surface area (Å²) in [6, 6.07) is 6.45. The molecule has 0 spiro atoms. The van der Waals surface area contributed by atoms with Gasteiger partial charge in [0.05, 0.1) is 13.2 Å². The molecule has 0 amide bonds. The number of hydrogen-bond donors (Lipinski definition) is 1. The van der Waals surface area contributed by atoms with Crippen LogP contribution < -0.4 is 4.74 Å². The first-order chi connectivity index (χ1) is 8.83. The third-order valence-corrected chi connectivity index (χ3v) is 3.27. The lowest BCUT2D eigenvalue weighted by Gasteiger charge is -2.19. The van der Waals surface area contributed by atoms with Crippen molar-refractivity contribution in [3.05, 3.63) is 42.0 Å². The molecule has 3 heteroatoms. The fourth-order valence-corrected chi connectivity index (χ4v) is 2.30. The molecule has 1 aromatic rings. The van der Waals surface area contributed by atoms with Gasteiger partial charge in [-0.05, 0) is 23.6 Å². The number of fused-ring (bicyclic) bond motifs is 1. The molecule has 1 N–H and O–H groups in total. The number of benzene rings is 1. The maximum atomic E-state index is 8.99. The fourth-order valence-electron chi connectivity index (χ4n) is 2.30. The number of ether oxygens (including phenoxy) is 1. The average molecular weight is 247 g/mol. The largest absolute Gasteiger partial charge is 0.493 e.